The summed E-state index contributed by atoms with van der Waals surface area (Å²) in [6, 6.07) is 0.875. The number of aromatic nitrogens is 2. The molecule has 5 heteroatoms. The lowest BCUT2D eigenvalue weighted by Gasteiger charge is -2.35. The fourth-order valence-corrected chi connectivity index (χ4v) is 2.25. The van der Waals surface area contributed by atoms with Crippen molar-refractivity contribution >= 4 is 11.6 Å². The van der Waals surface area contributed by atoms with Gasteiger partial charge in [-0.15, -0.1) is 0 Å². The number of hydrogen-bond acceptors (Lipinski definition) is 5. The highest BCUT2D eigenvalue weighted by Gasteiger charge is 2.31. The molecule has 1 aliphatic heterocycles. The van der Waals surface area contributed by atoms with Gasteiger partial charge in [0.15, 0.2) is 0 Å². The first-order chi connectivity index (χ1) is 7.83. The van der Waals surface area contributed by atoms with Gasteiger partial charge in [0.05, 0.1) is 12.4 Å². The van der Waals surface area contributed by atoms with E-state index in [9.17, 15) is 0 Å². The second-order valence-corrected chi connectivity index (χ2v) is 4.55. The van der Waals surface area contributed by atoms with E-state index in [0.29, 0.717) is 5.82 Å². The second kappa shape index (κ2) is 3.90. The molecule has 16 heavy (non-hydrogen) atoms. The maximum atomic E-state index is 5.53. The monoisotopic (exact) mass is 219 g/mol. The number of nitrogens with zero attached hydrogens (tertiary/aromatic N) is 4. The van der Waals surface area contributed by atoms with Crippen molar-refractivity contribution in [2.45, 2.75) is 18.9 Å². The normalized spacial score (nSPS) is 22.4. The quantitative estimate of drug-likeness (QED) is 0.777. The number of hydrogen-bond donors (Lipinski definition) is 1. The maximum Gasteiger partial charge on any atom is 0.147 e. The Morgan fingerprint density at radius 3 is 2.38 bits per heavy atom. The summed E-state index contributed by atoms with van der Waals surface area (Å²) in [5, 5.41) is 0. The predicted octanol–water partition coefficient (Wildman–Crippen LogP) is 0.343. The molecule has 86 valence electrons. The number of nitrogens with two attached hydrogens (primary N) is 1. The third-order valence-electron chi connectivity index (χ3n) is 3.36. The zero-order valence-electron chi connectivity index (χ0n) is 9.34. The van der Waals surface area contributed by atoms with E-state index in [1.165, 1.54) is 12.8 Å². The van der Waals surface area contributed by atoms with Crippen molar-refractivity contribution < 1.29 is 0 Å². The fraction of sp³-hybridized carbons (Fsp3) is 0.636. The summed E-state index contributed by atoms with van der Waals surface area (Å²) >= 11 is 0. The van der Waals surface area contributed by atoms with E-state index in [-0.39, 0.29) is 0 Å². The first-order valence-electron chi connectivity index (χ1n) is 5.89. The maximum absolute atomic E-state index is 5.53. The Balaban J connectivity index is 1.62. The van der Waals surface area contributed by atoms with Gasteiger partial charge >= 0.3 is 0 Å². The average molecular weight is 219 g/mol. The van der Waals surface area contributed by atoms with E-state index in [0.717, 1.165) is 38.0 Å². The van der Waals surface area contributed by atoms with Gasteiger partial charge < -0.3 is 10.6 Å². The van der Waals surface area contributed by atoms with Crippen LogP contribution in [0.5, 0.6) is 0 Å². The molecule has 1 aromatic heterocycles. The van der Waals surface area contributed by atoms with E-state index in [1.807, 2.05) is 0 Å². The summed E-state index contributed by atoms with van der Waals surface area (Å²) < 4.78 is 0. The molecule has 2 N–H and O–H groups in total. The molecule has 0 unspecified atom stereocenters. The minimum Gasteiger partial charge on any atom is -0.382 e. The molecule has 2 fully saturated rings. The molecule has 2 heterocycles. The van der Waals surface area contributed by atoms with Gasteiger partial charge in [0.1, 0.15) is 11.6 Å². The van der Waals surface area contributed by atoms with Crippen molar-refractivity contribution in [3.8, 4) is 0 Å². The van der Waals surface area contributed by atoms with Crippen LogP contribution in [0.15, 0.2) is 12.4 Å². The van der Waals surface area contributed by atoms with Crippen molar-refractivity contribution in [3.63, 3.8) is 0 Å². The molecule has 0 aromatic carbocycles. The number of nitrogen functional groups attached to an aromatic ring is 1. The van der Waals surface area contributed by atoms with Gasteiger partial charge in [-0.1, -0.05) is 0 Å². The van der Waals surface area contributed by atoms with Gasteiger partial charge in [-0.2, -0.15) is 0 Å². The third-order valence-corrected chi connectivity index (χ3v) is 3.36. The summed E-state index contributed by atoms with van der Waals surface area (Å²) in [7, 11) is 0. The zero-order chi connectivity index (χ0) is 11.0. The molecule has 1 saturated heterocycles. The van der Waals surface area contributed by atoms with Gasteiger partial charge in [-0.3, -0.25) is 4.90 Å². The average Bonchev–Trinajstić information content (AvgIpc) is 3.14. The molecule has 1 aliphatic carbocycles. The molecule has 0 bridgehead atoms. The molecule has 2 aliphatic rings. The van der Waals surface area contributed by atoms with Crippen LogP contribution in [0.4, 0.5) is 11.6 Å². The van der Waals surface area contributed by atoms with E-state index in [2.05, 4.69) is 19.8 Å². The van der Waals surface area contributed by atoms with Gasteiger partial charge in [0.25, 0.3) is 0 Å². The Morgan fingerprint density at radius 2 is 1.81 bits per heavy atom. The van der Waals surface area contributed by atoms with Crippen LogP contribution in [0.1, 0.15) is 12.8 Å². The van der Waals surface area contributed by atoms with Gasteiger partial charge in [0.2, 0.25) is 0 Å². The van der Waals surface area contributed by atoms with E-state index >= 15 is 0 Å². The van der Waals surface area contributed by atoms with Crippen LogP contribution in [0.25, 0.3) is 0 Å². The Bertz CT molecular complexity index is 351. The zero-order valence-corrected chi connectivity index (χ0v) is 9.34. The fourth-order valence-electron chi connectivity index (χ4n) is 2.25. The minimum atomic E-state index is 0.486. The third kappa shape index (κ3) is 1.95. The molecule has 0 spiro atoms. The second-order valence-electron chi connectivity index (χ2n) is 4.55. The Morgan fingerprint density at radius 1 is 1.06 bits per heavy atom. The highest BCUT2D eigenvalue weighted by atomic mass is 15.3. The van der Waals surface area contributed by atoms with E-state index in [4.69, 9.17) is 5.73 Å². The van der Waals surface area contributed by atoms with Gasteiger partial charge in [0, 0.05) is 32.2 Å². The summed E-state index contributed by atoms with van der Waals surface area (Å²) in [6.07, 6.45) is 6.17. The standard InChI is InChI=1S/C11H17N5/c12-10-7-14-11(8-13-10)16-5-3-15(4-6-16)9-1-2-9/h7-9H,1-6H2,(H2,12,13). The highest BCUT2D eigenvalue weighted by Crippen LogP contribution is 2.28. The Hall–Kier alpha value is -1.36. The van der Waals surface area contributed by atoms with E-state index in [1.54, 1.807) is 12.4 Å². The Labute approximate surface area is 95.3 Å². The Kier molecular flexibility index (Phi) is 2.40. The van der Waals surface area contributed by atoms with Crippen LogP contribution in [-0.2, 0) is 0 Å². The van der Waals surface area contributed by atoms with Crippen molar-refractivity contribution in [2.24, 2.45) is 0 Å². The molecular weight excluding hydrogens is 202 g/mol. The van der Waals surface area contributed by atoms with E-state index < -0.39 is 0 Å². The van der Waals surface area contributed by atoms with Gasteiger partial charge in [-0.25, -0.2) is 9.97 Å². The predicted molar refractivity (Wildman–Crippen MR) is 63.3 cm³/mol. The molecule has 3 rings (SSSR count). The van der Waals surface area contributed by atoms with Gasteiger partial charge in [-0.05, 0) is 12.8 Å². The molecular formula is C11H17N5. The lowest BCUT2D eigenvalue weighted by atomic mass is 10.3. The minimum absolute atomic E-state index is 0.486. The van der Waals surface area contributed by atoms with Crippen LogP contribution >= 0.6 is 0 Å². The smallest absolute Gasteiger partial charge is 0.147 e. The number of piperazine rings is 1. The summed E-state index contributed by atoms with van der Waals surface area (Å²) in [5.41, 5.74) is 5.53. The molecule has 1 aromatic rings. The van der Waals surface area contributed by atoms with Crippen LogP contribution in [0.3, 0.4) is 0 Å². The van der Waals surface area contributed by atoms with Crippen LogP contribution < -0.4 is 10.6 Å². The largest absolute Gasteiger partial charge is 0.382 e. The topological polar surface area (TPSA) is 58.3 Å². The molecule has 5 nitrogen and oxygen atoms in total. The first-order valence-corrected chi connectivity index (χ1v) is 5.89. The molecule has 0 atom stereocenters. The summed E-state index contributed by atoms with van der Waals surface area (Å²) in [4.78, 5) is 13.3. The lowest BCUT2D eigenvalue weighted by Crippen LogP contribution is -2.47. The van der Waals surface area contributed by atoms with Crippen molar-refractivity contribution in [1.29, 1.82) is 0 Å². The highest BCUT2D eigenvalue weighted by molar-refractivity contribution is 5.39. The SMILES string of the molecule is Nc1cnc(N2CCN(C3CC3)CC2)cn1. The molecule has 0 amide bonds. The number of anilines is 2. The van der Waals surface area contributed by atoms with Crippen molar-refractivity contribution in [1.82, 2.24) is 14.9 Å². The molecule has 0 radical (unpaired) electrons. The lowest BCUT2D eigenvalue weighted by molar-refractivity contribution is 0.247. The van der Waals surface area contributed by atoms with Crippen LogP contribution in [0, 0.1) is 0 Å². The van der Waals surface area contributed by atoms with Crippen molar-refractivity contribution in [2.75, 3.05) is 36.8 Å². The molecule has 1 saturated carbocycles. The summed E-state index contributed by atoms with van der Waals surface area (Å²) in [5.74, 6) is 1.44. The first kappa shape index (κ1) is 9.84. The van der Waals surface area contributed by atoms with Crippen LogP contribution in [0.2, 0.25) is 0 Å². The van der Waals surface area contributed by atoms with Crippen molar-refractivity contribution in [3.05, 3.63) is 12.4 Å². The summed E-state index contributed by atoms with van der Waals surface area (Å²) in [6.45, 7) is 4.40. The number of rotatable bonds is 2. The van der Waals surface area contributed by atoms with Crippen LogP contribution in [-0.4, -0.2) is 47.1 Å².